The van der Waals surface area contributed by atoms with Crippen molar-refractivity contribution in [3.05, 3.63) is 29.3 Å². The molecule has 2 N–H and O–H groups in total. The molecule has 0 bridgehead atoms. The molecular formula is C9H9BrN2S. The number of halogens is 1. The largest absolute Gasteiger partial charge is 0.326 e. The zero-order chi connectivity index (χ0) is 9.68. The van der Waals surface area contributed by atoms with Gasteiger partial charge in [0.05, 0.1) is 10.8 Å². The van der Waals surface area contributed by atoms with Crippen molar-refractivity contribution in [3.8, 4) is 0 Å². The molecule has 0 aliphatic rings. The van der Waals surface area contributed by atoms with Crippen molar-refractivity contribution < 1.29 is 0 Å². The van der Waals surface area contributed by atoms with E-state index in [9.17, 15) is 0 Å². The Morgan fingerprint density at radius 2 is 2.23 bits per heavy atom. The molecule has 0 aliphatic carbocycles. The molecule has 1 rings (SSSR count). The van der Waals surface area contributed by atoms with E-state index in [0.717, 1.165) is 16.6 Å². The zero-order valence-corrected chi connectivity index (χ0v) is 9.36. The van der Waals surface area contributed by atoms with Crippen LogP contribution in [0.2, 0.25) is 0 Å². The molecule has 1 aromatic carbocycles. The number of hydrogen-bond acceptors (Lipinski definition) is 3. The fourth-order valence-corrected chi connectivity index (χ4v) is 1.71. The van der Waals surface area contributed by atoms with E-state index < -0.39 is 0 Å². The highest BCUT2D eigenvalue weighted by Gasteiger charge is 2.00. The minimum Gasteiger partial charge on any atom is -0.326 e. The molecule has 0 atom stereocenters. The van der Waals surface area contributed by atoms with Crippen LogP contribution in [0.3, 0.4) is 0 Å². The lowest BCUT2D eigenvalue weighted by Gasteiger charge is -2.04. The minimum atomic E-state index is 0.516. The van der Waals surface area contributed by atoms with Crippen LogP contribution in [0.15, 0.2) is 23.2 Å². The molecule has 0 radical (unpaired) electrons. The Kier molecular flexibility index (Phi) is 4.25. The van der Waals surface area contributed by atoms with E-state index in [4.69, 9.17) is 5.73 Å². The van der Waals surface area contributed by atoms with Crippen LogP contribution in [0.4, 0.5) is 5.69 Å². The van der Waals surface area contributed by atoms with Gasteiger partial charge < -0.3 is 5.73 Å². The molecule has 0 fully saturated rings. The second-order valence-electron chi connectivity index (χ2n) is 2.49. The monoisotopic (exact) mass is 256 g/mol. The maximum Gasteiger partial charge on any atom is 0.0742 e. The lowest BCUT2D eigenvalue weighted by molar-refractivity contribution is 1.05. The number of hydrogen-bond donors (Lipinski definition) is 1. The normalized spacial score (nSPS) is 9.38. The van der Waals surface area contributed by atoms with E-state index in [1.165, 1.54) is 5.56 Å². The third-order valence-corrected chi connectivity index (χ3v) is 2.42. The summed E-state index contributed by atoms with van der Waals surface area (Å²) < 4.78 is 0. The highest BCUT2D eigenvalue weighted by atomic mass is 79.9. The number of benzene rings is 1. The van der Waals surface area contributed by atoms with Gasteiger partial charge in [-0.05, 0) is 35.5 Å². The van der Waals surface area contributed by atoms with Gasteiger partial charge in [0.15, 0.2) is 0 Å². The summed E-state index contributed by atoms with van der Waals surface area (Å²) in [4.78, 5) is 3.88. The maximum absolute atomic E-state index is 5.58. The van der Waals surface area contributed by atoms with E-state index in [-0.39, 0.29) is 0 Å². The smallest absolute Gasteiger partial charge is 0.0742 e. The molecule has 0 saturated carbocycles. The average Bonchev–Trinajstić information content (AvgIpc) is 2.18. The summed E-state index contributed by atoms with van der Waals surface area (Å²) in [5, 5.41) is 3.14. The maximum atomic E-state index is 5.58. The van der Waals surface area contributed by atoms with E-state index in [0.29, 0.717) is 6.54 Å². The molecule has 4 heteroatoms. The summed E-state index contributed by atoms with van der Waals surface area (Å²) >= 11 is 7.91. The number of isothiocyanates is 1. The molecule has 2 nitrogen and oxygen atoms in total. The summed E-state index contributed by atoms with van der Waals surface area (Å²) in [6, 6.07) is 5.81. The summed E-state index contributed by atoms with van der Waals surface area (Å²) in [7, 11) is 0. The first-order valence-corrected chi connectivity index (χ1v) is 5.30. The van der Waals surface area contributed by atoms with Crippen molar-refractivity contribution in [2.75, 3.05) is 0 Å². The highest BCUT2D eigenvalue weighted by molar-refractivity contribution is 9.08. The molecule has 0 saturated heterocycles. The third kappa shape index (κ3) is 2.71. The van der Waals surface area contributed by atoms with Crippen molar-refractivity contribution >= 4 is 39.0 Å². The predicted molar refractivity (Wildman–Crippen MR) is 61.7 cm³/mol. The molecule has 0 heterocycles. The highest BCUT2D eigenvalue weighted by Crippen LogP contribution is 2.19. The summed E-state index contributed by atoms with van der Waals surface area (Å²) in [6.07, 6.45) is 0. The lowest BCUT2D eigenvalue weighted by Crippen LogP contribution is -1.99. The Morgan fingerprint density at radius 1 is 1.46 bits per heavy atom. The number of alkyl halides is 1. The van der Waals surface area contributed by atoms with Gasteiger partial charge in [0.1, 0.15) is 0 Å². The fraction of sp³-hybridized carbons (Fsp3) is 0.222. The van der Waals surface area contributed by atoms with Gasteiger partial charge in [-0.3, -0.25) is 0 Å². The molecule has 13 heavy (non-hydrogen) atoms. The number of rotatable bonds is 3. The zero-order valence-electron chi connectivity index (χ0n) is 6.96. The van der Waals surface area contributed by atoms with Gasteiger partial charge >= 0.3 is 0 Å². The van der Waals surface area contributed by atoms with Gasteiger partial charge in [-0.15, -0.1) is 0 Å². The van der Waals surface area contributed by atoms with Gasteiger partial charge in [0.25, 0.3) is 0 Å². The van der Waals surface area contributed by atoms with Gasteiger partial charge in [-0.1, -0.05) is 22.0 Å². The second kappa shape index (κ2) is 5.25. The Hall–Kier alpha value is -0.540. The summed E-state index contributed by atoms with van der Waals surface area (Å²) in [5.41, 5.74) is 8.66. The quantitative estimate of drug-likeness (QED) is 0.513. The summed E-state index contributed by atoms with van der Waals surface area (Å²) in [5.74, 6) is 0. The first kappa shape index (κ1) is 10.5. The van der Waals surface area contributed by atoms with Gasteiger partial charge in [0, 0.05) is 11.9 Å². The number of nitrogens with zero attached hydrogens (tertiary/aromatic N) is 1. The standard InChI is InChI=1S/C9H9BrN2S/c10-4-7-1-2-9(12-6-13)3-8(7)5-11/h1-3H,4-5,11H2. The number of nitrogens with two attached hydrogens (primary N) is 1. The van der Waals surface area contributed by atoms with Crippen molar-refractivity contribution in [2.24, 2.45) is 10.7 Å². The van der Waals surface area contributed by atoms with Crippen LogP contribution < -0.4 is 5.73 Å². The molecule has 0 aromatic heterocycles. The van der Waals surface area contributed by atoms with Crippen LogP contribution in [0.1, 0.15) is 11.1 Å². The topological polar surface area (TPSA) is 38.4 Å². The second-order valence-corrected chi connectivity index (χ2v) is 3.24. The predicted octanol–water partition coefficient (Wildman–Crippen LogP) is 2.77. The van der Waals surface area contributed by atoms with E-state index >= 15 is 0 Å². The average molecular weight is 257 g/mol. The first-order chi connectivity index (χ1) is 6.31. The van der Waals surface area contributed by atoms with Crippen LogP contribution in [0, 0.1) is 0 Å². The summed E-state index contributed by atoms with van der Waals surface area (Å²) in [6.45, 7) is 0.516. The lowest BCUT2D eigenvalue weighted by atomic mass is 10.1. The molecule has 0 spiro atoms. The van der Waals surface area contributed by atoms with Crippen molar-refractivity contribution in [1.29, 1.82) is 0 Å². The Balaban J connectivity index is 3.12. The van der Waals surface area contributed by atoms with Crippen molar-refractivity contribution in [1.82, 2.24) is 0 Å². The molecule has 68 valence electrons. The Labute approximate surface area is 91.0 Å². The van der Waals surface area contributed by atoms with Crippen LogP contribution >= 0.6 is 28.1 Å². The van der Waals surface area contributed by atoms with Gasteiger partial charge in [-0.25, -0.2) is 0 Å². The molecule has 0 amide bonds. The number of aliphatic imine (C=N–C) groups is 1. The Bertz CT molecular complexity index is 345. The minimum absolute atomic E-state index is 0.516. The SMILES string of the molecule is NCc1cc(N=C=S)ccc1CBr. The van der Waals surface area contributed by atoms with Crippen molar-refractivity contribution in [3.63, 3.8) is 0 Å². The van der Waals surface area contributed by atoms with Crippen LogP contribution in [-0.4, -0.2) is 5.16 Å². The van der Waals surface area contributed by atoms with Crippen LogP contribution in [0.25, 0.3) is 0 Å². The molecular weight excluding hydrogens is 248 g/mol. The number of thiocarbonyl (C=S) groups is 1. The molecule has 1 aromatic rings. The van der Waals surface area contributed by atoms with Gasteiger partial charge in [-0.2, -0.15) is 4.99 Å². The van der Waals surface area contributed by atoms with Crippen molar-refractivity contribution in [2.45, 2.75) is 11.9 Å². The first-order valence-electron chi connectivity index (χ1n) is 3.77. The Morgan fingerprint density at radius 3 is 2.77 bits per heavy atom. The third-order valence-electron chi connectivity index (χ3n) is 1.73. The molecule has 0 unspecified atom stereocenters. The van der Waals surface area contributed by atoms with Crippen LogP contribution in [-0.2, 0) is 11.9 Å². The van der Waals surface area contributed by atoms with E-state index in [1.807, 2.05) is 18.2 Å². The van der Waals surface area contributed by atoms with Crippen LogP contribution in [0.5, 0.6) is 0 Å². The van der Waals surface area contributed by atoms with Gasteiger partial charge in [0.2, 0.25) is 0 Å². The molecule has 0 aliphatic heterocycles. The fourth-order valence-electron chi connectivity index (χ4n) is 1.05. The van der Waals surface area contributed by atoms with E-state index in [2.05, 4.69) is 38.3 Å². The van der Waals surface area contributed by atoms with E-state index in [1.54, 1.807) is 0 Å².